The number of nitrogens with one attached hydrogen (secondary N) is 1. The molecule has 1 aliphatic carbocycles. The summed E-state index contributed by atoms with van der Waals surface area (Å²) in [7, 11) is 0. The molecule has 1 saturated carbocycles. The molecule has 0 radical (unpaired) electrons. The number of nitrogens with zero attached hydrogens (tertiary/aromatic N) is 1. The van der Waals surface area contributed by atoms with Gasteiger partial charge in [-0.25, -0.2) is 0 Å². The Kier molecular flexibility index (Phi) is 7.79. The van der Waals surface area contributed by atoms with Crippen LogP contribution in [0.25, 0.3) is 10.4 Å². The highest BCUT2D eigenvalue weighted by atomic mass is 32.1. The van der Waals surface area contributed by atoms with Crippen molar-refractivity contribution >= 4 is 23.2 Å². The van der Waals surface area contributed by atoms with E-state index in [2.05, 4.69) is 31.3 Å². The average Bonchev–Trinajstić information content (AvgIpc) is 3.54. The van der Waals surface area contributed by atoms with Gasteiger partial charge in [0, 0.05) is 17.1 Å². The first-order valence-corrected chi connectivity index (χ1v) is 13.4. The molecule has 36 heavy (non-hydrogen) atoms. The molecule has 1 aliphatic rings. The molecule has 2 atom stereocenters. The van der Waals surface area contributed by atoms with Crippen molar-refractivity contribution < 1.29 is 14.7 Å². The van der Waals surface area contributed by atoms with E-state index in [1.165, 1.54) is 4.57 Å². The fourth-order valence-electron chi connectivity index (χ4n) is 4.79. The normalized spacial score (nSPS) is 15.0. The zero-order chi connectivity index (χ0) is 26.0. The summed E-state index contributed by atoms with van der Waals surface area (Å²) >= 11 is 1.54. The monoisotopic (exact) mass is 506 g/mol. The van der Waals surface area contributed by atoms with Gasteiger partial charge in [-0.15, -0.1) is 11.3 Å². The van der Waals surface area contributed by atoms with Crippen LogP contribution in [-0.4, -0.2) is 21.6 Å². The number of aryl methyl sites for hydroxylation is 2. The smallest absolute Gasteiger partial charge is 0.305 e. The van der Waals surface area contributed by atoms with E-state index < -0.39 is 18.1 Å². The van der Waals surface area contributed by atoms with Crippen LogP contribution >= 0.6 is 11.3 Å². The van der Waals surface area contributed by atoms with E-state index in [1.807, 2.05) is 37.4 Å². The van der Waals surface area contributed by atoms with Gasteiger partial charge in [-0.05, 0) is 90.3 Å². The van der Waals surface area contributed by atoms with Crippen molar-refractivity contribution in [2.45, 2.75) is 71.4 Å². The predicted molar refractivity (Wildman–Crippen MR) is 144 cm³/mol. The molecule has 0 saturated heterocycles. The van der Waals surface area contributed by atoms with E-state index in [0.29, 0.717) is 12.3 Å². The van der Waals surface area contributed by atoms with Gasteiger partial charge in [0.2, 0.25) is 5.91 Å². The van der Waals surface area contributed by atoms with Crippen LogP contribution in [-0.2, 0) is 9.59 Å². The number of amides is 1. The van der Waals surface area contributed by atoms with Crippen LogP contribution in [0.5, 0.6) is 0 Å². The first-order valence-electron chi connectivity index (χ1n) is 12.5. The van der Waals surface area contributed by atoms with Gasteiger partial charge in [-0.1, -0.05) is 32.0 Å². The van der Waals surface area contributed by atoms with Gasteiger partial charge in [0.1, 0.15) is 6.04 Å². The molecule has 0 bridgehead atoms. The third-order valence-corrected chi connectivity index (χ3v) is 7.76. The quantitative estimate of drug-likeness (QED) is 0.353. The first kappa shape index (κ1) is 25.9. The first-order chi connectivity index (χ1) is 17.1. The Hall–Kier alpha value is -3.19. The Morgan fingerprint density at radius 2 is 1.83 bits per heavy atom. The minimum Gasteiger partial charge on any atom is -0.481 e. The van der Waals surface area contributed by atoms with E-state index in [0.717, 1.165) is 45.5 Å². The lowest BCUT2D eigenvalue weighted by atomic mass is 9.98. The number of carbonyl (C=O) groups is 2. The van der Waals surface area contributed by atoms with Crippen molar-refractivity contribution in [1.82, 2.24) is 9.88 Å². The fourth-order valence-corrected chi connectivity index (χ4v) is 5.93. The predicted octanol–water partition coefficient (Wildman–Crippen LogP) is 5.99. The highest BCUT2D eigenvalue weighted by Crippen LogP contribution is 2.39. The number of hydrogen-bond acceptors (Lipinski definition) is 4. The maximum Gasteiger partial charge on any atom is 0.305 e. The third kappa shape index (κ3) is 5.95. The van der Waals surface area contributed by atoms with Gasteiger partial charge in [0.15, 0.2) is 0 Å². The minimum atomic E-state index is -0.994. The Morgan fingerprint density at radius 3 is 2.42 bits per heavy atom. The number of rotatable bonds is 10. The Balaban J connectivity index is 1.62. The molecule has 1 amide bonds. The van der Waals surface area contributed by atoms with Gasteiger partial charge in [-0.2, -0.15) is 0 Å². The standard InChI is InChI=1S/C29H34N2O4S/c1-17(2)12-24(31-11-10-21(14-26(31)32)20-8-9-20)29(35)30-23(15-27(33)34)22-13-25(36-16-22)28-18(3)6-5-7-19(28)4/h5-7,10-11,13-14,16-17,20,23-24H,8-9,12,15H2,1-4H3,(H,30,35)(H,33,34). The molecule has 7 heteroatoms. The van der Waals surface area contributed by atoms with Gasteiger partial charge in [0.05, 0.1) is 12.5 Å². The number of aromatic nitrogens is 1. The maximum atomic E-state index is 13.6. The average molecular weight is 507 g/mol. The number of aliphatic carboxylic acids is 1. The molecule has 2 aromatic heterocycles. The number of thiophene rings is 1. The summed E-state index contributed by atoms with van der Waals surface area (Å²) in [5.74, 6) is -0.706. The lowest BCUT2D eigenvalue weighted by molar-refractivity contribution is -0.138. The van der Waals surface area contributed by atoms with Gasteiger partial charge < -0.3 is 15.0 Å². The zero-order valence-electron chi connectivity index (χ0n) is 21.3. The second kappa shape index (κ2) is 10.8. The molecule has 3 aromatic rings. The van der Waals surface area contributed by atoms with E-state index in [4.69, 9.17) is 0 Å². The van der Waals surface area contributed by atoms with Crippen LogP contribution in [0.3, 0.4) is 0 Å². The van der Waals surface area contributed by atoms with Gasteiger partial charge >= 0.3 is 5.97 Å². The summed E-state index contributed by atoms with van der Waals surface area (Å²) in [6.07, 6.45) is 4.16. The van der Waals surface area contributed by atoms with Crippen LogP contribution in [0.4, 0.5) is 0 Å². The number of pyridine rings is 1. The van der Waals surface area contributed by atoms with E-state index >= 15 is 0 Å². The van der Waals surface area contributed by atoms with Crippen molar-refractivity contribution in [3.05, 3.63) is 80.6 Å². The molecule has 4 rings (SSSR count). The zero-order valence-corrected chi connectivity index (χ0v) is 22.1. The highest BCUT2D eigenvalue weighted by molar-refractivity contribution is 7.13. The van der Waals surface area contributed by atoms with Gasteiger partial charge in [-0.3, -0.25) is 14.4 Å². The molecule has 2 N–H and O–H groups in total. The molecule has 190 valence electrons. The largest absolute Gasteiger partial charge is 0.481 e. The highest BCUT2D eigenvalue weighted by Gasteiger charge is 2.29. The molecule has 1 fully saturated rings. The molecule has 0 spiro atoms. The Labute approximate surface area is 216 Å². The van der Waals surface area contributed by atoms with Crippen LogP contribution in [0.2, 0.25) is 0 Å². The van der Waals surface area contributed by atoms with E-state index in [9.17, 15) is 19.5 Å². The number of carboxylic acids is 1. The number of benzene rings is 1. The van der Waals surface area contributed by atoms with E-state index in [1.54, 1.807) is 23.6 Å². The summed E-state index contributed by atoms with van der Waals surface area (Å²) in [5.41, 5.74) is 5.02. The molecular formula is C29H34N2O4S. The van der Waals surface area contributed by atoms with Crippen molar-refractivity contribution in [3.63, 3.8) is 0 Å². The fraction of sp³-hybridized carbons (Fsp3) is 0.414. The topological polar surface area (TPSA) is 88.4 Å². The van der Waals surface area contributed by atoms with Crippen LogP contribution in [0.1, 0.15) is 79.8 Å². The second-order valence-electron chi connectivity index (χ2n) is 10.3. The van der Waals surface area contributed by atoms with Crippen molar-refractivity contribution in [2.75, 3.05) is 0 Å². The second-order valence-corrected chi connectivity index (χ2v) is 11.2. The maximum absolute atomic E-state index is 13.6. The summed E-state index contributed by atoms with van der Waals surface area (Å²) in [4.78, 5) is 39.3. The molecular weight excluding hydrogens is 472 g/mol. The summed E-state index contributed by atoms with van der Waals surface area (Å²) < 4.78 is 1.49. The van der Waals surface area contributed by atoms with Crippen LogP contribution in [0.15, 0.2) is 52.8 Å². The summed E-state index contributed by atoms with van der Waals surface area (Å²) in [6, 6.07) is 10.3. The van der Waals surface area contributed by atoms with E-state index in [-0.39, 0.29) is 23.8 Å². The van der Waals surface area contributed by atoms with Gasteiger partial charge in [0.25, 0.3) is 5.56 Å². The third-order valence-electron chi connectivity index (χ3n) is 6.80. The summed E-state index contributed by atoms with van der Waals surface area (Å²) in [6.45, 7) is 8.13. The lowest BCUT2D eigenvalue weighted by Gasteiger charge is -2.24. The molecule has 2 heterocycles. The van der Waals surface area contributed by atoms with Crippen molar-refractivity contribution in [2.24, 2.45) is 5.92 Å². The molecule has 6 nitrogen and oxygen atoms in total. The summed E-state index contributed by atoms with van der Waals surface area (Å²) in [5, 5.41) is 14.5. The van der Waals surface area contributed by atoms with Crippen molar-refractivity contribution in [3.8, 4) is 10.4 Å². The molecule has 1 aromatic carbocycles. The Bertz CT molecular complexity index is 1300. The Morgan fingerprint density at radius 1 is 1.14 bits per heavy atom. The lowest BCUT2D eigenvalue weighted by Crippen LogP contribution is -2.40. The van der Waals surface area contributed by atoms with Crippen molar-refractivity contribution in [1.29, 1.82) is 0 Å². The van der Waals surface area contributed by atoms with Crippen LogP contribution < -0.4 is 10.9 Å². The number of hydrogen-bond donors (Lipinski definition) is 2. The molecule has 0 aliphatic heterocycles. The van der Waals surface area contributed by atoms with Crippen LogP contribution in [0, 0.1) is 19.8 Å². The minimum absolute atomic E-state index is 0.172. The number of carboxylic acid groups (broad SMARTS) is 1. The number of carbonyl (C=O) groups excluding carboxylic acids is 1. The molecule has 2 unspecified atom stereocenters. The SMILES string of the molecule is Cc1cccc(C)c1-c1cc(C(CC(=O)O)NC(=O)C(CC(C)C)n2ccc(C3CC3)cc2=O)cs1.